The minimum atomic E-state index is -0.802. The van der Waals surface area contributed by atoms with Crippen molar-refractivity contribution in [2.75, 3.05) is 7.11 Å². The predicted molar refractivity (Wildman–Crippen MR) is 83.0 cm³/mol. The molecule has 1 aromatic carbocycles. The quantitative estimate of drug-likeness (QED) is 0.870. The minimum absolute atomic E-state index is 0.275. The van der Waals surface area contributed by atoms with Crippen molar-refractivity contribution in [3.05, 3.63) is 29.3 Å². The molecule has 1 saturated carbocycles. The van der Waals surface area contributed by atoms with Crippen molar-refractivity contribution in [1.29, 1.82) is 0 Å². The zero-order valence-electron chi connectivity index (χ0n) is 12.4. The van der Waals surface area contributed by atoms with Crippen LogP contribution in [-0.4, -0.2) is 23.9 Å². The van der Waals surface area contributed by atoms with Crippen LogP contribution in [0.3, 0.4) is 0 Å². The fourth-order valence-electron chi connectivity index (χ4n) is 2.86. The fourth-order valence-corrected chi connectivity index (χ4v) is 4.27. The maximum absolute atomic E-state index is 11.8. The highest BCUT2D eigenvalue weighted by Crippen LogP contribution is 2.38. The molecule has 0 spiro atoms. The minimum Gasteiger partial charge on any atom is -0.468 e. The number of hydrogen-bond donors (Lipinski definition) is 1. The zero-order chi connectivity index (χ0) is 14.8. The van der Waals surface area contributed by atoms with Gasteiger partial charge >= 0.3 is 5.97 Å². The average molecular weight is 293 g/mol. The van der Waals surface area contributed by atoms with Crippen LogP contribution in [0, 0.1) is 13.8 Å². The molecule has 0 radical (unpaired) electrons. The SMILES string of the molecule is COC(=O)C1(N)CCCC(Sc2ccc(C)cc2C)C1. The summed E-state index contributed by atoms with van der Waals surface area (Å²) in [6.45, 7) is 4.23. The molecular weight excluding hydrogens is 270 g/mol. The Morgan fingerprint density at radius 3 is 2.85 bits per heavy atom. The molecule has 110 valence electrons. The summed E-state index contributed by atoms with van der Waals surface area (Å²) in [5.41, 5.74) is 8.00. The molecule has 0 aromatic heterocycles. The van der Waals surface area contributed by atoms with E-state index in [2.05, 4.69) is 32.0 Å². The number of aryl methyl sites for hydroxylation is 2. The predicted octanol–water partition coefficient (Wildman–Crippen LogP) is 3.21. The topological polar surface area (TPSA) is 52.3 Å². The molecule has 0 heterocycles. The van der Waals surface area contributed by atoms with E-state index in [1.807, 2.05) is 11.8 Å². The summed E-state index contributed by atoms with van der Waals surface area (Å²) < 4.78 is 4.86. The highest BCUT2D eigenvalue weighted by molar-refractivity contribution is 8.00. The van der Waals surface area contributed by atoms with Crippen LogP contribution >= 0.6 is 11.8 Å². The van der Waals surface area contributed by atoms with Crippen LogP contribution in [0.25, 0.3) is 0 Å². The molecule has 0 bridgehead atoms. The summed E-state index contributed by atoms with van der Waals surface area (Å²) >= 11 is 1.84. The van der Waals surface area contributed by atoms with Crippen LogP contribution in [-0.2, 0) is 9.53 Å². The van der Waals surface area contributed by atoms with Gasteiger partial charge in [-0.15, -0.1) is 11.8 Å². The molecule has 2 unspecified atom stereocenters. The second kappa shape index (κ2) is 6.19. The van der Waals surface area contributed by atoms with Gasteiger partial charge in [-0.1, -0.05) is 17.7 Å². The highest BCUT2D eigenvalue weighted by atomic mass is 32.2. The number of thioether (sulfide) groups is 1. The summed E-state index contributed by atoms with van der Waals surface area (Å²) in [4.78, 5) is 13.1. The lowest BCUT2D eigenvalue weighted by atomic mass is 9.82. The number of rotatable bonds is 3. The lowest BCUT2D eigenvalue weighted by Crippen LogP contribution is -2.52. The second-order valence-electron chi connectivity index (χ2n) is 5.75. The Morgan fingerprint density at radius 1 is 1.45 bits per heavy atom. The molecule has 2 atom stereocenters. The third kappa shape index (κ3) is 3.36. The van der Waals surface area contributed by atoms with E-state index >= 15 is 0 Å². The Balaban J connectivity index is 2.08. The third-order valence-electron chi connectivity index (χ3n) is 3.96. The van der Waals surface area contributed by atoms with Gasteiger partial charge < -0.3 is 10.5 Å². The molecule has 1 aliphatic carbocycles. The lowest BCUT2D eigenvalue weighted by Gasteiger charge is -2.35. The van der Waals surface area contributed by atoms with Gasteiger partial charge in [-0.25, -0.2) is 0 Å². The lowest BCUT2D eigenvalue weighted by molar-refractivity contribution is -0.148. The van der Waals surface area contributed by atoms with E-state index < -0.39 is 5.54 Å². The molecule has 2 N–H and O–H groups in total. The van der Waals surface area contributed by atoms with Gasteiger partial charge in [-0.3, -0.25) is 4.79 Å². The molecule has 0 aliphatic heterocycles. The molecule has 1 fully saturated rings. The third-order valence-corrected chi connectivity index (χ3v) is 5.40. The maximum atomic E-state index is 11.8. The molecule has 0 amide bonds. The van der Waals surface area contributed by atoms with Gasteiger partial charge in [0, 0.05) is 10.1 Å². The summed E-state index contributed by atoms with van der Waals surface area (Å²) in [5.74, 6) is -0.275. The van der Waals surface area contributed by atoms with Gasteiger partial charge in [-0.05, 0) is 51.2 Å². The number of carbonyl (C=O) groups is 1. The standard InChI is InChI=1S/C16H23NO2S/c1-11-6-7-14(12(2)9-11)20-13-5-4-8-16(17,10-13)15(18)19-3/h6-7,9,13H,4-5,8,10,17H2,1-3H3. The van der Waals surface area contributed by atoms with Crippen molar-refractivity contribution in [3.63, 3.8) is 0 Å². The van der Waals surface area contributed by atoms with Crippen LogP contribution in [0.15, 0.2) is 23.1 Å². The van der Waals surface area contributed by atoms with Crippen molar-refractivity contribution in [2.24, 2.45) is 5.73 Å². The Hall–Kier alpha value is -1.00. The molecule has 3 nitrogen and oxygen atoms in total. The van der Waals surface area contributed by atoms with Crippen LogP contribution in [0.4, 0.5) is 0 Å². The van der Waals surface area contributed by atoms with Crippen LogP contribution in [0.5, 0.6) is 0 Å². The molecule has 20 heavy (non-hydrogen) atoms. The number of esters is 1. The molecule has 1 aromatic rings. The number of nitrogens with two attached hydrogens (primary N) is 1. The molecule has 0 saturated heterocycles. The highest BCUT2D eigenvalue weighted by Gasteiger charge is 2.40. The molecular formula is C16H23NO2S. The first kappa shape index (κ1) is 15.4. The zero-order valence-corrected chi connectivity index (χ0v) is 13.3. The van der Waals surface area contributed by atoms with E-state index in [-0.39, 0.29) is 5.97 Å². The first-order chi connectivity index (χ1) is 9.44. The van der Waals surface area contributed by atoms with E-state index in [1.54, 1.807) is 0 Å². The van der Waals surface area contributed by atoms with Crippen molar-refractivity contribution in [2.45, 2.75) is 55.2 Å². The van der Waals surface area contributed by atoms with Gasteiger partial charge in [0.2, 0.25) is 0 Å². The second-order valence-corrected chi connectivity index (χ2v) is 7.10. The Kier molecular flexibility index (Phi) is 4.76. The summed E-state index contributed by atoms with van der Waals surface area (Å²) in [7, 11) is 1.41. The average Bonchev–Trinajstić information content (AvgIpc) is 2.41. The Morgan fingerprint density at radius 2 is 2.20 bits per heavy atom. The first-order valence-corrected chi connectivity index (χ1v) is 7.94. The number of methoxy groups -OCH3 is 1. The summed E-state index contributed by atoms with van der Waals surface area (Å²) in [5, 5.41) is 0.384. The van der Waals surface area contributed by atoms with Gasteiger partial charge in [0.25, 0.3) is 0 Å². The van der Waals surface area contributed by atoms with E-state index in [0.717, 1.165) is 19.3 Å². The van der Waals surface area contributed by atoms with E-state index in [9.17, 15) is 4.79 Å². The Bertz CT molecular complexity index is 503. The monoisotopic (exact) mass is 293 g/mol. The van der Waals surface area contributed by atoms with Crippen molar-refractivity contribution in [1.82, 2.24) is 0 Å². The van der Waals surface area contributed by atoms with E-state index in [0.29, 0.717) is 11.7 Å². The van der Waals surface area contributed by atoms with Crippen LogP contribution in [0.1, 0.15) is 36.8 Å². The normalized spacial score (nSPS) is 26.3. The molecule has 1 aliphatic rings. The van der Waals surface area contributed by atoms with Gasteiger partial charge in [0.15, 0.2) is 0 Å². The van der Waals surface area contributed by atoms with Crippen molar-refractivity contribution in [3.8, 4) is 0 Å². The summed E-state index contributed by atoms with van der Waals surface area (Å²) in [6, 6.07) is 6.50. The molecule has 2 rings (SSSR count). The van der Waals surface area contributed by atoms with Crippen LogP contribution < -0.4 is 5.73 Å². The maximum Gasteiger partial charge on any atom is 0.325 e. The number of benzene rings is 1. The Labute approximate surface area is 125 Å². The fraction of sp³-hybridized carbons (Fsp3) is 0.562. The van der Waals surface area contributed by atoms with Gasteiger partial charge in [0.1, 0.15) is 5.54 Å². The number of carbonyl (C=O) groups excluding carboxylic acids is 1. The van der Waals surface area contributed by atoms with Gasteiger partial charge in [-0.2, -0.15) is 0 Å². The van der Waals surface area contributed by atoms with Crippen LogP contribution in [0.2, 0.25) is 0 Å². The van der Waals surface area contributed by atoms with Crippen molar-refractivity contribution < 1.29 is 9.53 Å². The van der Waals surface area contributed by atoms with E-state index in [4.69, 9.17) is 10.5 Å². The smallest absolute Gasteiger partial charge is 0.325 e. The first-order valence-electron chi connectivity index (χ1n) is 7.06. The largest absolute Gasteiger partial charge is 0.468 e. The summed E-state index contributed by atoms with van der Waals surface area (Å²) in [6.07, 6.45) is 3.50. The van der Waals surface area contributed by atoms with E-state index in [1.165, 1.54) is 23.1 Å². The van der Waals surface area contributed by atoms with Gasteiger partial charge in [0.05, 0.1) is 7.11 Å². The number of ether oxygens (including phenoxy) is 1. The number of hydrogen-bond acceptors (Lipinski definition) is 4. The molecule has 4 heteroatoms. The van der Waals surface area contributed by atoms with Crippen molar-refractivity contribution >= 4 is 17.7 Å².